The monoisotopic (exact) mass is 347 g/mol. The average molecular weight is 347 g/mol. The zero-order valence-corrected chi connectivity index (χ0v) is 14.3. The smallest absolute Gasteiger partial charge is 0.317 e. The summed E-state index contributed by atoms with van der Waals surface area (Å²) in [6, 6.07) is 0.275. The van der Waals surface area contributed by atoms with Gasteiger partial charge >= 0.3 is 5.97 Å². The van der Waals surface area contributed by atoms with Crippen LogP contribution in [0.3, 0.4) is 0 Å². The maximum absolute atomic E-state index is 10.6. The number of aryl methyl sites for hydroxylation is 2. The Kier molecular flexibility index (Phi) is 4.37. The van der Waals surface area contributed by atoms with Gasteiger partial charge in [-0.2, -0.15) is 0 Å². The molecule has 6 nitrogen and oxygen atoms in total. The first-order chi connectivity index (χ1) is 11.7. The van der Waals surface area contributed by atoms with Gasteiger partial charge in [-0.3, -0.25) is 4.79 Å². The van der Waals surface area contributed by atoms with E-state index in [1.807, 2.05) is 0 Å². The minimum absolute atomic E-state index is 0.0315. The van der Waals surface area contributed by atoms with Gasteiger partial charge in [-0.05, 0) is 50.5 Å². The Morgan fingerprint density at radius 1 is 1.29 bits per heavy atom. The zero-order chi connectivity index (χ0) is 16.5. The zero-order valence-electron chi connectivity index (χ0n) is 13.5. The van der Waals surface area contributed by atoms with Crippen molar-refractivity contribution in [3.05, 3.63) is 16.8 Å². The number of hydrogen-bond donors (Lipinski definition) is 2. The predicted molar refractivity (Wildman–Crippen MR) is 91.8 cm³/mol. The van der Waals surface area contributed by atoms with Gasteiger partial charge in [0.05, 0.1) is 11.9 Å². The number of fused-ring (bicyclic) bond motifs is 3. The van der Waals surface area contributed by atoms with Gasteiger partial charge in [0.2, 0.25) is 5.88 Å². The van der Waals surface area contributed by atoms with Gasteiger partial charge in [0.15, 0.2) is 0 Å². The van der Waals surface area contributed by atoms with Crippen molar-refractivity contribution in [1.29, 1.82) is 0 Å². The predicted octanol–water partition coefficient (Wildman–Crippen LogP) is 2.54. The summed E-state index contributed by atoms with van der Waals surface area (Å²) in [6.45, 7) is 0.0315. The van der Waals surface area contributed by atoms with E-state index in [4.69, 9.17) is 9.84 Å². The fourth-order valence-corrected chi connectivity index (χ4v) is 4.98. The van der Waals surface area contributed by atoms with Crippen LogP contribution in [-0.2, 0) is 17.6 Å². The van der Waals surface area contributed by atoms with Crippen molar-refractivity contribution < 1.29 is 14.6 Å². The van der Waals surface area contributed by atoms with Gasteiger partial charge < -0.3 is 15.2 Å². The van der Waals surface area contributed by atoms with Crippen LogP contribution in [0.2, 0.25) is 0 Å². The van der Waals surface area contributed by atoms with Crippen LogP contribution in [0.4, 0.5) is 0 Å². The van der Waals surface area contributed by atoms with Gasteiger partial charge in [0.25, 0.3) is 0 Å². The third kappa shape index (κ3) is 3.10. The topological polar surface area (TPSA) is 84.3 Å². The molecule has 0 unspecified atom stereocenters. The molecule has 0 bridgehead atoms. The van der Waals surface area contributed by atoms with E-state index in [0.29, 0.717) is 0 Å². The van der Waals surface area contributed by atoms with Gasteiger partial charge in [0.1, 0.15) is 17.3 Å². The summed E-state index contributed by atoms with van der Waals surface area (Å²) < 4.78 is 6.24. The molecule has 1 fully saturated rings. The second-order valence-electron chi connectivity index (χ2n) is 6.58. The second-order valence-corrected chi connectivity index (χ2v) is 7.67. The van der Waals surface area contributed by atoms with Crippen molar-refractivity contribution >= 4 is 27.5 Å². The van der Waals surface area contributed by atoms with Crippen LogP contribution < -0.4 is 10.1 Å². The van der Waals surface area contributed by atoms with Crippen LogP contribution in [0.5, 0.6) is 5.88 Å². The number of ether oxygens (including phenoxy) is 1. The number of hydrogen-bond acceptors (Lipinski definition) is 6. The second kappa shape index (κ2) is 6.64. The van der Waals surface area contributed by atoms with Gasteiger partial charge in [-0.1, -0.05) is 0 Å². The van der Waals surface area contributed by atoms with E-state index in [0.717, 1.165) is 54.6 Å². The van der Waals surface area contributed by atoms with Crippen molar-refractivity contribution in [3.63, 3.8) is 0 Å². The number of aromatic nitrogens is 2. The maximum atomic E-state index is 10.6. The Bertz CT molecular complexity index is 753. The first-order valence-corrected chi connectivity index (χ1v) is 9.39. The highest BCUT2D eigenvalue weighted by Gasteiger charge is 2.26. The molecule has 0 radical (unpaired) electrons. The summed E-state index contributed by atoms with van der Waals surface area (Å²) in [5, 5.41) is 13.0. The van der Waals surface area contributed by atoms with Crippen molar-refractivity contribution in [2.45, 2.75) is 57.1 Å². The Hall–Kier alpha value is -1.73. The van der Waals surface area contributed by atoms with Crippen molar-refractivity contribution in [2.75, 3.05) is 6.54 Å². The molecular formula is C17H21N3O3S. The lowest BCUT2D eigenvalue weighted by molar-refractivity contribution is -0.136. The molecule has 128 valence electrons. The van der Waals surface area contributed by atoms with Crippen LogP contribution in [-0.4, -0.2) is 39.7 Å². The van der Waals surface area contributed by atoms with E-state index in [1.54, 1.807) is 17.7 Å². The fourth-order valence-electron chi connectivity index (χ4n) is 3.76. The van der Waals surface area contributed by atoms with E-state index in [-0.39, 0.29) is 18.7 Å². The van der Waals surface area contributed by atoms with E-state index >= 15 is 0 Å². The lowest BCUT2D eigenvalue weighted by Crippen LogP contribution is -2.38. The number of thiophene rings is 1. The highest BCUT2D eigenvalue weighted by Crippen LogP contribution is 2.40. The number of nitrogens with one attached hydrogen (secondary N) is 1. The molecule has 0 aromatic carbocycles. The molecule has 1 saturated carbocycles. The quantitative estimate of drug-likeness (QED) is 0.865. The van der Waals surface area contributed by atoms with Crippen LogP contribution in [0.1, 0.15) is 42.5 Å². The minimum atomic E-state index is -0.803. The van der Waals surface area contributed by atoms with Crippen LogP contribution in [0.25, 0.3) is 10.2 Å². The molecule has 24 heavy (non-hydrogen) atoms. The molecule has 0 saturated heterocycles. The SMILES string of the molecule is O=C(O)CN[C@H]1CC[C@H](Oc2ncnc3sc4c(c23)CCC4)CC1. The average Bonchev–Trinajstić information content (AvgIpc) is 3.15. The largest absolute Gasteiger partial charge is 0.480 e. The Balaban J connectivity index is 1.43. The first kappa shape index (κ1) is 15.8. The molecule has 2 heterocycles. The molecule has 2 aromatic heterocycles. The summed E-state index contributed by atoms with van der Waals surface area (Å²) in [5.41, 5.74) is 1.39. The Morgan fingerprint density at radius 2 is 2.12 bits per heavy atom. The molecular weight excluding hydrogens is 326 g/mol. The summed E-state index contributed by atoms with van der Waals surface area (Å²) in [7, 11) is 0. The third-order valence-electron chi connectivity index (χ3n) is 4.96. The molecule has 0 amide bonds. The van der Waals surface area contributed by atoms with Gasteiger partial charge in [-0.25, -0.2) is 9.97 Å². The van der Waals surface area contributed by atoms with E-state index in [9.17, 15) is 4.79 Å². The lowest BCUT2D eigenvalue weighted by atomic mass is 9.93. The van der Waals surface area contributed by atoms with Gasteiger partial charge in [-0.15, -0.1) is 11.3 Å². The Labute approximate surface area is 144 Å². The summed E-state index contributed by atoms with van der Waals surface area (Å²) >= 11 is 1.78. The van der Waals surface area contributed by atoms with E-state index in [1.165, 1.54) is 16.9 Å². The molecule has 0 atom stereocenters. The fraction of sp³-hybridized carbons (Fsp3) is 0.588. The molecule has 2 aliphatic carbocycles. The summed E-state index contributed by atoms with van der Waals surface area (Å²) in [6.07, 6.45) is 8.95. The van der Waals surface area contributed by atoms with Crippen molar-refractivity contribution in [3.8, 4) is 5.88 Å². The van der Waals surface area contributed by atoms with Crippen LogP contribution in [0.15, 0.2) is 6.33 Å². The molecule has 0 spiro atoms. The maximum Gasteiger partial charge on any atom is 0.317 e. The Morgan fingerprint density at radius 3 is 2.92 bits per heavy atom. The standard InChI is InChI=1S/C17H21N3O3S/c21-14(22)8-18-10-4-6-11(7-5-10)23-16-15-12-2-1-3-13(12)24-17(15)20-9-19-16/h9-11,18H,1-8H2,(H,21,22)/t10-,11-. The van der Waals surface area contributed by atoms with Crippen molar-refractivity contribution in [2.24, 2.45) is 0 Å². The number of carboxylic acids is 1. The van der Waals surface area contributed by atoms with Crippen molar-refractivity contribution in [1.82, 2.24) is 15.3 Å². The lowest BCUT2D eigenvalue weighted by Gasteiger charge is -2.29. The first-order valence-electron chi connectivity index (χ1n) is 8.58. The number of rotatable bonds is 5. The molecule has 2 aromatic rings. The molecule has 2 N–H and O–H groups in total. The number of carboxylic acid groups (broad SMARTS) is 1. The minimum Gasteiger partial charge on any atom is -0.480 e. The molecule has 7 heteroatoms. The summed E-state index contributed by atoms with van der Waals surface area (Å²) in [4.78, 5) is 21.9. The molecule has 2 aliphatic rings. The van der Waals surface area contributed by atoms with Crippen LogP contribution >= 0.6 is 11.3 Å². The number of carbonyl (C=O) groups is 1. The number of nitrogens with zero attached hydrogens (tertiary/aromatic N) is 2. The molecule has 4 rings (SSSR count). The summed E-state index contributed by atoms with van der Waals surface area (Å²) in [5.74, 6) is -0.0654. The third-order valence-corrected chi connectivity index (χ3v) is 6.16. The highest BCUT2D eigenvalue weighted by atomic mass is 32.1. The van der Waals surface area contributed by atoms with E-state index < -0.39 is 5.97 Å². The molecule has 0 aliphatic heterocycles. The van der Waals surface area contributed by atoms with Gasteiger partial charge in [0, 0.05) is 10.9 Å². The van der Waals surface area contributed by atoms with Crippen LogP contribution in [0, 0.1) is 0 Å². The normalized spacial score (nSPS) is 23.3. The number of aliphatic carboxylic acids is 1. The van der Waals surface area contributed by atoms with E-state index in [2.05, 4.69) is 15.3 Å². The highest BCUT2D eigenvalue weighted by molar-refractivity contribution is 7.18.